The Morgan fingerprint density at radius 1 is 0.467 bits per heavy atom. The molecule has 0 bridgehead atoms. The van der Waals surface area contributed by atoms with Gasteiger partial charge in [0.15, 0.2) is 0 Å². The van der Waals surface area contributed by atoms with Crippen molar-refractivity contribution in [2.24, 2.45) is 115 Å². The molecule has 0 heteroatoms. The molecule has 7 fully saturated rings. The summed E-state index contributed by atoms with van der Waals surface area (Å²) in [5.41, 5.74) is 2.99. The Balaban J connectivity index is 1.33. The van der Waals surface area contributed by atoms with E-state index in [0.29, 0.717) is 32.5 Å². The lowest BCUT2D eigenvalue weighted by Gasteiger charge is -2.58. The maximum atomic E-state index is 2.95. The lowest BCUT2D eigenvalue weighted by Crippen LogP contribution is -2.50. The molecule has 0 amide bonds. The summed E-state index contributed by atoms with van der Waals surface area (Å²) in [6.45, 7) is 37.4. The van der Waals surface area contributed by atoms with Crippen LogP contribution in [0, 0.1) is 115 Å². The van der Waals surface area contributed by atoms with Crippen molar-refractivity contribution in [3.63, 3.8) is 0 Å². The van der Waals surface area contributed by atoms with Crippen molar-refractivity contribution >= 4 is 0 Å². The predicted octanol–water partition coefficient (Wildman–Crippen LogP) is 13.2. The van der Waals surface area contributed by atoms with E-state index < -0.39 is 0 Å². The van der Waals surface area contributed by atoms with E-state index in [1.165, 1.54) is 44.9 Å². The van der Waals surface area contributed by atoms with Gasteiger partial charge in [0, 0.05) is 0 Å². The van der Waals surface area contributed by atoms with Crippen LogP contribution < -0.4 is 0 Å². The van der Waals surface area contributed by atoms with Crippen molar-refractivity contribution in [1.82, 2.24) is 0 Å². The smallest absolute Gasteiger partial charge is 0.0258 e. The standard InChI is InChI=1S/C45H78/c1-26-15-16-42(8,9)34-23-31-29(21-28(26)34)30-22-36-37(44(12,13)18-17-43(36,10)11)24-32(30)39(31)45(14)25-38(41(5,6)7)33-19-27(20-35(33)45)40(2,3)4/h26-39H,15-25H2,1-14H3/t26?,27?,28?,29?,30?,31?,32?,33?,34?,35?,36?,37?,38-,39?,45?/m0/s1. The monoisotopic (exact) mass is 619 g/mol. The Labute approximate surface area is 282 Å². The average molecular weight is 619 g/mol. The molecule has 7 saturated carbocycles. The van der Waals surface area contributed by atoms with E-state index in [-0.39, 0.29) is 0 Å². The predicted molar refractivity (Wildman–Crippen MR) is 194 cm³/mol. The molecule has 0 spiro atoms. The molecule has 0 saturated heterocycles. The molecule has 0 heterocycles. The van der Waals surface area contributed by atoms with Crippen LogP contribution in [0.1, 0.15) is 168 Å². The Morgan fingerprint density at radius 2 is 0.978 bits per heavy atom. The molecular formula is C45H78. The van der Waals surface area contributed by atoms with E-state index in [0.717, 1.165) is 82.9 Å². The van der Waals surface area contributed by atoms with E-state index >= 15 is 0 Å². The van der Waals surface area contributed by atoms with Gasteiger partial charge in [-0.15, -0.1) is 0 Å². The number of rotatable bonds is 1. The second-order valence-corrected chi connectivity index (χ2v) is 24.1. The molecular weight excluding hydrogens is 540 g/mol. The minimum absolute atomic E-state index is 0.427. The van der Waals surface area contributed by atoms with Crippen LogP contribution >= 0.6 is 0 Å². The van der Waals surface area contributed by atoms with Crippen LogP contribution in [-0.2, 0) is 0 Å². The molecule has 258 valence electrons. The van der Waals surface area contributed by atoms with Crippen LogP contribution in [0.15, 0.2) is 0 Å². The molecule has 0 nitrogen and oxygen atoms in total. The van der Waals surface area contributed by atoms with Crippen LogP contribution in [0.25, 0.3) is 0 Å². The molecule has 0 aromatic rings. The highest BCUT2D eigenvalue weighted by Gasteiger charge is 2.69. The van der Waals surface area contributed by atoms with Gasteiger partial charge < -0.3 is 0 Å². The largest absolute Gasteiger partial charge is 0.0622 e. The summed E-state index contributed by atoms with van der Waals surface area (Å²) >= 11 is 0. The first kappa shape index (κ1) is 33.5. The maximum Gasteiger partial charge on any atom is -0.0258 e. The van der Waals surface area contributed by atoms with E-state index in [1.54, 1.807) is 25.7 Å². The first-order valence-corrected chi connectivity index (χ1v) is 20.6. The normalized spacial score (nSPS) is 53.2. The highest BCUT2D eigenvalue weighted by atomic mass is 14.7. The van der Waals surface area contributed by atoms with Gasteiger partial charge in [-0.1, -0.05) is 96.9 Å². The number of hydrogen-bond donors (Lipinski definition) is 0. The van der Waals surface area contributed by atoms with Gasteiger partial charge in [-0.2, -0.15) is 0 Å². The Hall–Kier alpha value is 0. The lowest BCUT2D eigenvalue weighted by molar-refractivity contribution is -0.0925. The molecule has 7 aliphatic rings. The summed E-state index contributed by atoms with van der Waals surface area (Å²) in [5, 5.41) is 0. The maximum absolute atomic E-state index is 2.95. The molecule has 0 aromatic heterocycles. The minimum atomic E-state index is 0.427. The fourth-order valence-corrected chi connectivity index (χ4v) is 16.0. The van der Waals surface area contributed by atoms with Crippen molar-refractivity contribution in [2.45, 2.75) is 168 Å². The van der Waals surface area contributed by atoms with Crippen molar-refractivity contribution in [3.05, 3.63) is 0 Å². The number of hydrogen-bond acceptors (Lipinski definition) is 0. The zero-order valence-electron chi connectivity index (χ0n) is 32.9. The summed E-state index contributed by atoms with van der Waals surface area (Å²) in [5.74, 6) is 13.5. The Kier molecular flexibility index (Phi) is 7.64. The first-order valence-electron chi connectivity index (χ1n) is 20.6. The second kappa shape index (κ2) is 10.3. The topological polar surface area (TPSA) is 0 Å². The van der Waals surface area contributed by atoms with Gasteiger partial charge in [-0.05, 0) is 186 Å². The summed E-state index contributed by atoms with van der Waals surface area (Å²) in [6, 6.07) is 0. The van der Waals surface area contributed by atoms with Crippen LogP contribution in [0.4, 0.5) is 0 Å². The highest BCUT2D eigenvalue weighted by molar-refractivity contribution is 5.18. The highest BCUT2D eigenvalue weighted by Crippen LogP contribution is 2.76. The van der Waals surface area contributed by atoms with Gasteiger partial charge >= 0.3 is 0 Å². The Morgan fingerprint density at radius 3 is 1.53 bits per heavy atom. The van der Waals surface area contributed by atoms with E-state index in [9.17, 15) is 0 Å². The van der Waals surface area contributed by atoms with Crippen molar-refractivity contribution in [3.8, 4) is 0 Å². The van der Waals surface area contributed by atoms with Gasteiger partial charge in [0.05, 0.1) is 0 Å². The third-order valence-corrected chi connectivity index (χ3v) is 18.8. The Bertz CT molecular complexity index is 1120. The molecule has 0 aromatic carbocycles. The van der Waals surface area contributed by atoms with Gasteiger partial charge in [0.2, 0.25) is 0 Å². The fraction of sp³-hybridized carbons (Fsp3) is 1.00. The SMILES string of the molecule is CC1CCC(C)(C)C2CC3C(CC12)C1CC2C(CC1C3C1(C)C[C@H](C(C)(C)C)C3CC(C(C)(C)C)CC31)C(C)(C)CCC2(C)C. The number of fused-ring (bicyclic) bond motifs is 6. The van der Waals surface area contributed by atoms with Gasteiger partial charge in [-0.3, -0.25) is 0 Å². The third kappa shape index (κ3) is 5.05. The van der Waals surface area contributed by atoms with Crippen molar-refractivity contribution in [2.75, 3.05) is 0 Å². The van der Waals surface area contributed by atoms with Crippen LogP contribution in [0.3, 0.4) is 0 Å². The molecule has 7 aliphatic carbocycles. The molecule has 0 radical (unpaired) electrons. The van der Waals surface area contributed by atoms with Crippen molar-refractivity contribution < 1.29 is 0 Å². The van der Waals surface area contributed by atoms with Crippen molar-refractivity contribution in [1.29, 1.82) is 0 Å². The minimum Gasteiger partial charge on any atom is -0.0622 e. The summed E-state index contributed by atoms with van der Waals surface area (Å²) < 4.78 is 0. The van der Waals surface area contributed by atoms with E-state index in [4.69, 9.17) is 0 Å². The van der Waals surface area contributed by atoms with Crippen LogP contribution in [0.2, 0.25) is 0 Å². The second-order valence-electron chi connectivity index (χ2n) is 24.1. The summed E-state index contributed by atoms with van der Waals surface area (Å²) in [4.78, 5) is 0. The molecule has 7 rings (SSSR count). The van der Waals surface area contributed by atoms with Crippen LogP contribution in [0.5, 0.6) is 0 Å². The van der Waals surface area contributed by atoms with E-state index in [2.05, 4.69) is 96.9 Å². The zero-order chi connectivity index (χ0) is 32.9. The quantitative estimate of drug-likeness (QED) is 0.274. The van der Waals surface area contributed by atoms with E-state index in [1.807, 2.05) is 0 Å². The van der Waals surface area contributed by atoms with Gasteiger partial charge in [-0.25, -0.2) is 0 Å². The molecule has 14 unspecified atom stereocenters. The van der Waals surface area contributed by atoms with Gasteiger partial charge in [0.1, 0.15) is 0 Å². The summed E-state index contributed by atoms with van der Waals surface area (Å²) in [6.07, 6.45) is 16.8. The molecule has 0 N–H and O–H groups in total. The first-order chi connectivity index (χ1) is 20.6. The third-order valence-electron chi connectivity index (χ3n) is 18.8. The lowest BCUT2D eigenvalue weighted by atomic mass is 9.47. The van der Waals surface area contributed by atoms with Crippen LogP contribution in [-0.4, -0.2) is 0 Å². The molecule has 45 heavy (non-hydrogen) atoms. The summed E-state index contributed by atoms with van der Waals surface area (Å²) in [7, 11) is 0. The van der Waals surface area contributed by atoms with Gasteiger partial charge in [0.25, 0.3) is 0 Å². The molecule has 15 atom stereocenters. The zero-order valence-corrected chi connectivity index (χ0v) is 32.9. The average Bonchev–Trinajstić information content (AvgIpc) is 3.58. The molecule has 0 aliphatic heterocycles. The fourth-order valence-electron chi connectivity index (χ4n) is 16.0.